The van der Waals surface area contributed by atoms with E-state index in [1.165, 1.54) is 6.07 Å². The molecule has 0 radical (unpaired) electrons. The van der Waals surface area contributed by atoms with Gasteiger partial charge in [0.2, 0.25) is 0 Å². The van der Waals surface area contributed by atoms with Gasteiger partial charge in [0, 0.05) is 5.92 Å². The molecule has 17 heavy (non-hydrogen) atoms. The summed E-state index contributed by atoms with van der Waals surface area (Å²) < 4.78 is 42.8. The summed E-state index contributed by atoms with van der Waals surface area (Å²) in [4.78, 5) is 0. The summed E-state index contributed by atoms with van der Waals surface area (Å²) in [7, 11) is 0. The number of halogens is 3. The third-order valence-electron chi connectivity index (χ3n) is 2.97. The molecular formula is C12H13F3O2. The molecule has 1 aliphatic heterocycles. The summed E-state index contributed by atoms with van der Waals surface area (Å²) in [5, 5.41) is 8.91. The van der Waals surface area contributed by atoms with Crippen molar-refractivity contribution < 1.29 is 23.0 Å². The Hall–Kier alpha value is -1.07. The Bertz CT molecular complexity index is 390. The lowest BCUT2D eigenvalue weighted by atomic mass is 9.95. The first-order valence-corrected chi connectivity index (χ1v) is 5.40. The third kappa shape index (κ3) is 2.79. The topological polar surface area (TPSA) is 29.5 Å². The molecule has 1 aromatic rings. The van der Waals surface area contributed by atoms with Crippen molar-refractivity contribution in [3.8, 4) is 0 Å². The second-order valence-electron chi connectivity index (χ2n) is 4.19. The van der Waals surface area contributed by atoms with E-state index in [1.54, 1.807) is 6.07 Å². The van der Waals surface area contributed by atoms with Gasteiger partial charge in [0.15, 0.2) is 0 Å². The van der Waals surface area contributed by atoms with Crippen LogP contribution in [0.2, 0.25) is 0 Å². The number of aliphatic hydroxyl groups excluding tert-OH is 1. The maximum Gasteiger partial charge on any atom is 0.416 e. The summed E-state index contributed by atoms with van der Waals surface area (Å²) in [5.74, 6) is -0.0607. The van der Waals surface area contributed by atoms with Crippen LogP contribution in [-0.4, -0.2) is 24.4 Å². The fourth-order valence-electron chi connectivity index (χ4n) is 2.03. The van der Waals surface area contributed by atoms with Crippen LogP contribution in [0, 0.1) is 0 Å². The molecule has 1 aromatic carbocycles. The molecule has 0 aliphatic carbocycles. The van der Waals surface area contributed by atoms with Crippen LogP contribution in [0.15, 0.2) is 24.3 Å². The predicted molar refractivity (Wildman–Crippen MR) is 55.6 cm³/mol. The van der Waals surface area contributed by atoms with Crippen molar-refractivity contribution in [3.63, 3.8) is 0 Å². The van der Waals surface area contributed by atoms with Crippen LogP contribution < -0.4 is 0 Å². The van der Waals surface area contributed by atoms with E-state index in [1.807, 2.05) is 0 Å². The van der Waals surface area contributed by atoms with Crippen molar-refractivity contribution in [1.82, 2.24) is 0 Å². The zero-order chi connectivity index (χ0) is 12.5. The maximum atomic E-state index is 12.5. The number of aliphatic hydroxyl groups is 1. The first kappa shape index (κ1) is 12.4. The highest BCUT2D eigenvalue weighted by Crippen LogP contribution is 2.34. The van der Waals surface area contributed by atoms with Crippen LogP contribution in [0.3, 0.4) is 0 Å². The Kier molecular flexibility index (Phi) is 3.40. The molecule has 1 heterocycles. The van der Waals surface area contributed by atoms with E-state index in [0.717, 1.165) is 12.1 Å². The molecule has 0 saturated carbocycles. The van der Waals surface area contributed by atoms with Gasteiger partial charge in [-0.3, -0.25) is 0 Å². The molecule has 2 rings (SSSR count). The highest BCUT2D eigenvalue weighted by Gasteiger charge is 2.32. The van der Waals surface area contributed by atoms with Gasteiger partial charge in [0.1, 0.15) is 0 Å². The van der Waals surface area contributed by atoms with E-state index >= 15 is 0 Å². The minimum atomic E-state index is -4.31. The number of rotatable bonds is 2. The molecule has 5 heteroatoms. The smallest absolute Gasteiger partial charge is 0.394 e. The van der Waals surface area contributed by atoms with Crippen LogP contribution in [0.1, 0.15) is 23.5 Å². The summed E-state index contributed by atoms with van der Waals surface area (Å²) in [5.41, 5.74) is -0.0155. The Morgan fingerprint density at radius 2 is 2.12 bits per heavy atom. The van der Waals surface area contributed by atoms with Crippen LogP contribution in [0.25, 0.3) is 0 Å². The van der Waals surface area contributed by atoms with Gasteiger partial charge < -0.3 is 9.84 Å². The highest BCUT2D eigenvalue weighted by molar-refractivity contribution is 5.29. The van der Waals surface area contributed by atoms with Crippen LogP contribution in [0.4, 0.5) is 13.2 Å². The van der Waals surface area contributed by atoms with Crippen molar-refractivity contribution >= 4 is 0 Å². The number of alkyl halides is 3. The molecule has 2 nitrogen and oxygen atoms in total. The second kappa shape index (κ2) is 4.66. The Labute approximate surface area is 97.0 Å². The van der Waals surface area contributed by atoms with Gasteiger partial charge in [0.05, 0.1) is 24.9 Å². The zero-order valence-corrected chi connectivity index (χ0v) is 9.07. The van der Waals surface area contributed by atoms with Gasteiger partial charge in [-0.25, -0.2) is 0 Å². The van der Waals surface area contributed by atoms with Gasteiger partial charge >= 0.3 is 6.18 Å². The average Bonchev–Trinajstić information content (AvgIpc) is 2.76. The van der Waals surface area contributed by atoms with Crippen LogP contribution in [0.5, 0.6) is 0 Å². The fraction of sp³-hybridized carbons (Fsp3) is 0.500. The van der Waals surface area contributed by atoms with E-state index in [-0.39, 0.29) is 18.6 Å². The Morgan fingerprint density at radius 1 is 1.35 bits per heavy atom. The fourth-order valence-corrected chi connectivity index (χ4v) is 2.03. The average molecular weight is 246 g/mol. The molecule has 1 N–H and O–H groups in total. The van der Waals surface area contributed by atoms with Gasteiger partial charge in [0.25, 0.3) is 0 Å². The molecule has 1 fully saturated rings. The van der Waals surface area contributed by atoms with Crippen LogP contribution in [-0.2, 0) is 10.9 Å². The van der Waals surface area contributed by atoms with E-state index in [0.29, 0.717) is 18.6 Å². The van der Waals surface area contributed by atoms with E-state index in [9.17, 15) is 13.2 Å². The zero-order valence-electron chi connectivity index (χ0n) is 9.07. The summed E-state index contributed by atoms with van der Waals surface area (Å²) in [6.45, 7) is 0.280. The summed E-state index contributed by atoms with van der Waals surface area (Å²) in [6, 6.07) is 5.30. The monoisotopic (exact) mass is 246 g/mol. The summed E-state index contributed by atoms with van der Waals surface area (Å²) >= 11 is 0. The van der Waals surface area contributed by atoms with Crippen LogP contribution >= 0.6 is 0 Å². The number of hydrogen-bond donors (Lipinski definition) is 1. The van der Waals surface area contributed by atoms with Crippen molar-refractivity contribution in [2.24, 2.45) is 0 Å². The third-order valence-corrected chi connectivity index (χ3v) is 2.97. The number of hydrogen-bond acceptors (Lipinski definition) is 2. The first-order valence-electron chi connectivity index (χ1n) is 5.40. The van der Waals surface area contributed by atoms with Crippen molar-refractivity contribution in [3.05, 3.63) is 35.4 Å². The van der Waals surface area contributed by atoms with Gasteiger partial charge in [-0.15, -0.1) is 0 Å². The van der Waals surface area contributed by atoms with Gasteiger partial charge in [-0.2, -0.15) is 13.2 Å². The first-order chi connectivity index (χ1) is 8.00. The molecule has 0 bridgehead atoms. The minimum Gasteiger partial charge on any atom is -0.394 e. The van der Waals surface area contributed by atoms with Gasteiger partial charge in [-0.05, 0) is 18.1 Å². The standard InChI is InChI=1S/C12H13F3O2/c13-12(14,15)10-3-1-2-8(4-10)9-5-11(6-16)17-7-9/h1-4,9,11,16H,5-7H2. The largest absolute Gasteiger partial charge is 0.416 e. The summed E-state index contributed by atoms with van der Waals surface area (Å²) in [6.07, 6.45) is -4.00. The molecule has 0 aromatic heterocycles. The Morgan fingerprint density at radius 3 is 2.71 bits per heavy atom. The number of ether oxygens (including phenoxy) is 1. The minimum absolute atomic E-state index is 0.0607. The van der Waals surface area contributed by atoms with E-state index in [2.05, 4.69) is 0 Å². The molecule has 1 saturated heterocycles. The predicted octanol–water partition coefficient (Wildman–Crippen LogP) is 2.57. The molecule has 94 valence electrons. The quantitative estimate of drug-likeness (QED) is 0.869. The molecule has 1 aliphatic rings. The molecule has 0 amide bonds. The lowest BCUT2D eigenvalue weighted by molar-refractivity contribution is -0.137. The lowest BCUT2D eigenvalue weighted by Gasteiger charge is -2.12. The molecular weight excluding hydrogens is 233 g/mol. The highest BCUT2D eigenvalue weighted by atomic mass is 19.4. The Balaban J connectivity index is 2.17. The van der Waals surface area contributed by atoms with Crippen molar-refractivity contribution in [2.75, 3.05) is 13.2 Å². The van der Waals surface area contributed by atoms with Gasteiger partial charge in [-0.1, -0.05) is 18.2 Å². The van der Waals surface area contributed by atoms with E-state index in [4.69, 9.17) is 9.84 Å². The normalized spacial score (nSPS) is 25.2. The molecule has 2 unspecified atom stereocenters. The SMILES string of the molecule is OCC1CC(c2cccc(C(F)(F)F)c2)CO1. The second-order valence-corrected chi connectivity index (χ2v) is 4.19. The molecule has 0 spiro atoms. The van der Waals surface area contributed by atoms with E-state index < -0.39 is 11.7 Å². The molecule has 2 atom stereocenters. The van der Waals surface area contributed by atoms with Crippen molar-refractivity contribution in [2.45, 2.75) is 24.6 Å². The maximum absolute atomic E-state index is 12.5. The number of benzene rings is 1. The van der Waals surface area contributed by atoms with Crippen molar-refractivity contribution in [1.29, 1.82) is 0 Å². The lowest BCUT2D eigenvalue weighted by Crippen LogP contribution is -2.10.